The number of rotatable bonds is 3. The Labute approximate surface area is 256 Å². The van der Waals surface area contributed by atoms with E-state index in [1.807, 2.05) is 0 Å². The predicted octanol–water partition coefficient (Wildman–Crippen LogP) is 12.4. The Bertz CT molecular complexity index is 2420. The molecule has 9 rings (SSSR count). The van der Waals surface area contributed by atoms with Gasteiger partial charge in [-0.05, 0) is 108 Å². The number of benzene rings is 7. The minimum Gasteiger partial charge on any atom is -0.456 e. The van der Waals surface area contributed by atoms with Crippen molar-refractivity contribution in [2.24, 2.45) is 0 Å². The van der Waals surface area contributed by atoms with E-state index in [-0.39, 0.29) is 0 Å². The summed E-state index contributed by atoms with van der Waals surface area (Å²) in [5.41, 5.74) is 9.59. The highest BCUT2D eigenvalue weighted by molar-refractivity contribution is 6.26. The van der Waals surface area contributed by atoms with Crippen LogP contribution in [0.4, 0.5) is 0 Å². The second-order valence-corrected chi connectivity index (χ2v) is 12.1. The van der Waals surface area contributed by atoms with Gasteiger partial charge in [-0.15, -0.1) is 0 Å². The van der Waals surface area contributed by atoms with Crippen LogP contribution in [0.2, 0.25) is 0 Å². The average molecular weight is 563 g/mol. The Morgan fingerprint density at radius 2 is 0.977 bits per heavy atom. The zero-order valence-corrected chi connectivity index (χ0v) is 24.5. The molecule has 0 spiro atoms. The quantitative estimate of drug-likeness (QED) is 0.195. The fourth-order valence-corrected chi connectivity index (χ4v) is 7.27. The van der Waals surface area contributed by atoms with E-state index in [1.54, 1.807) is 0 Å². The summed E-state index contributed by atoms with van der Waals surface area (Å²) >= 11 is 0. The topological polar surface area (TPSA) is 13.1 Å². The van der Waals surface area contributed by atoms with Gasteiger partial charge in [-0.3, -0.25) is 0 Å². The minimum atomic E-state index is 0.483. The average Bonchev–Trinajstić information content (AvgIpc) is 3.47. The van der Waals surface area contributed by atoms with Gasteiger partial charge in [-0.1, -0.05) is 122 Å². The Morgan fingerprint density at radius 3 is 1.70 bits per heavy atom. The van der Waals surface area contributed by atoms with Crippen molar-refractivity contribution in [3.8, 4) is 33.4 Å². The van der Waals surface area contributed by atoms with Gasteiger partial charge in [-0.2, -0.15) is 0 Å². The van der Waals surface area contributed by atoms with E-state index in [0.717, 1.165) is 17.8 Å². The van der Waals surface area contributed by atoms with Crippen molar-refractivity contribution >= 4 is 49.4 Å². The molecule has 0 N–H and O–H groups in total. The first-order valence-electron chi connectivity index (χ1n) is 15.5. The second-order valence-electron chi connectivity index (χ2n) is 12.1. The number of fused-ring (bicyclic) bond motifs is 9. The number of hydrogen-bond donors (Lipinski definition) is 0. The van der Waals surface area contributed by atoms with Crippen molar-refractivity contribution in [2.45, 2.75) is 19.3 Å². The molecule has 1 aliphatic carbocycles. The SMILES string of the molecule is CC1CC=Cc2oc3cc(-c4cccc(-c5ccc6c7ccccc7c7cc(-c8ccccc8)ccc7c6c5)c4)ccc3c21. The fourth-order valence-electron chi connectivity index (χ4n) is 7.27. The summed E-state index contributed by atoms with van der Waals surface area (Å²) in [6.45, 7) is 2.28. The first-order valence-corrected chi connectivity index (χ1v) is 15.5. The lowest BCUT2D eigenvalue weighted by atomic mass is 9.89. The summed E-state index contributed by atoms with van der Waals surface area (Å²) in [5.74, 6) is 1.49. The maximum atomic E-state index is 6.31. The van der Waals surface area contributed by atoms with E-state index in [4.69, 9.17) is 4.42 Å². The van der Waals surface area contributed by atoms with E-state index in [9.17, 15) is 0 Å². The lowest BCUT2D eigenvalue weighted by Gasteiger charge is -2.14. The van der Waals surface area contributed by atoms with Gasteiger partial charge >= 0.3 is 0 Å². The van der Waals surface area contributed by atoms with Crippen molar-refractivity contribution in [1.29, 1.82) is 0 Å². The van der Waals surface area contributed by atoms with E-state index in [1.165, 1.54) is 76.6 Å². The Balaban J connectivity index is 1.18. The van der Waals surface area contributed by atoms with Gasteiger partial charge in [0.2, 0.25) is 0 Å². The summed E-state index contributed by atoms with van der Waals surface area (Å²) in [7, 11) is 0. The molecule has 7 aromatic carbocycles. The van der Waals surface area contributed by atoms with Gasteiger partial charge in [-0.25, -0.2) is 0 Å². The van der Waals surface area contributed by atoms with Crippen molar-refractivity contribution in [3.63, 3.8) is 0 Å². The molecule has 0 radical (unpaired) electrons. The van der Waals surface area contributed by atoms with Gasteiger partial charge in [0.25, 0.3) is 0 Å². The van der Waals surface area contributed by atoms with Crippen LogP contribution in [0, 0.1) is 0 Å². The molecule has 1 nitrogen and oxygen atoms in total. The highest BCUT2D eigenvalue weighted by Crippen LogP contribution is 2.41. The third-order valence-electron chi connectivity index (χ3n) is 9.48. The normalized spacial score (nSPS) is 14.5. The number of hydrogen-bond acceptors (Lipinski definition) is 1. The third-order valence-corrected chi connectivity index (χ3v) is 9.48. The van der Waals surface area contributed by atoms with Crippen LogP contribution in [0.15, 0.2) is 144 Å². The molecule has 8 aromatic rings. The molecule has 0 saturated heterocycles. The first kappa shape index (κ1) is 25.1. The van der Waals surface area contributed by atoms with Crippen molar-refractivity contribution in [1.82, 2.24) is 0 Å². The van der Waals surface area contributed by atoms with Gasteiger partial charge in [0, 0.05) is 10.9 Å². The molecular formula is C43H30O. The molecule has 1 aromatic heterocycles. The molecule has 208 valence electrons. The standard InChI is InChI=1S/C43H30O/c1-27-9-7-16-41-43(27)38-22-19-33(26-42(38)44-41)30-13-8-12-29(23-30)32-18-20-36-34-14-5-6-15-35(34)39-24-31(28-10-3-2-4-11-28)17-21-37(39)40(36)25-32/h2-8,10-27H,9H2,1H3. The van der Waals surface area contributed by atoms with Crippen molar-refractivity contribution in [3.05, 3.63) is 151 Å². The van der Waals surface area contributed by atoms with E-state index < -0.39 is 0 Å². The lowest BCUT2D eigenvalue weighted by Crippen LogP contribution is -1.96. The van der Waals surface area contributed by atoms with E-state index in [2.05, 4.69) is 153 Å². The molecule has 1 heterocycles. The van der Waals surface area contributed by atoms with Crippen LogP contribution in [0.3, 0.4) is 0 Å². The van der Waals surface area contributed by atoms with Gasteiger partial charge in [0.1, 0.15) is 11.3 Å². The van der Waals surface area contributed by atoms with Gasteiger partial charge in [0.15, 0.2) is 0 Å². The molecule has 1 heteroatoms. The lowest BCUT2D eigenvalue weighted by molar-refractivity contribution is 0.586. The minimum absolute atomic E-state index is 0.483. The maximum Gasteiger partial charge on any atom is 0.135 e. The van der Waals surface area contributed by atoms with Crippen LogP contribution < -0.4 is 0 Å². The molecule has 0 bridgehead atoms. The first-order chi connectivity index (χ1) is 21.7. The zero-order chi connectivity index (χ0) is 29.2. The van der Waals surface area contributed by atoms with Crippen LogP contribution >= 0.6 is 0 Å². The Hall–Kier alpha value is -5.40. The third kappa shape index (κ3) is 3.93. The number of furan rings is 1. The smallest absolute Gasteiger partial charge is 0.135 e. The second kappa shape index (κ2) is 9.82. The highest BCUT2D eigenvalue weighted by Gasteiger charge is 2.21. The molecule has 1 unspecified atom stereocenters. The molecule has 0 saturated carbocycles. The molecule has 0 fully saturated rings. The molecular weight excluding hydrogens is 532 g/mol. The summed E-state index contributed by atoms with van der Waals surface area (Å²) < 4.78 is 6.31. The summed E-state index contributed by atoms with van der Waals surface area (Å²) in [5, 5.41) is 8.97. The van der Waals surface area contributed by atoms with E-state index in [0.29, 0.717) is 5.92 Å². The van der Waals surface area contributed by atoms with Crippen LogP contribution in [0.1, 0.15) is 30.6 Å². The zero-order valence-electron chi connectivity index (χ0n) is 24.5. The Kier molecular flexibility index (Phi) is 5.61. The number of allylic oxidation sites excluding steroid dienone is 1. The predicted molar refractivity (Wildman–Crippen MR) is 187 cm³/mol. The van der Waals surface area contributed by atoms with Crippen LogP contribution in [-0.2, 0) is 0 Å². The highest BCUT2D eigenvalue weighted by atomic mass is 16.3. The fraction of sp³-hybridized carbons (Fsp3) is 0.0698. The summed E-state index contributed by atoms with van der Waals surface area (Å²) in [6, 6.07) is 48.9. The van der Waals surface area contributed by atoms with Gasteiger partial charge in [0.05, 0.1) is 0 Å². The molecule has 1 atom stereocenters. The maximum absolute atomic E-state index is 6.31. The van der Waals surface area contributed by atoms with Crippen molar-refractivity contribution < 1.29 is 4.42 Å². The monoisotopic (exact) mass is 562 g/mol. The largest absolute Gasteiger partial charge is 0.456 e. The van der Waals surface area contributed by atoms with E-state index >= 15 is 0 Å². The molecule has 0 aliphatic heterocycles. The van der Waals surface area contributed by atoms with Crippen LogP contribution in [0.25, 0.3) is 82.7 Å². The van der Waals surface area contributed by atoms with Crippen molar-refractivity contribution in [2.75, 3.05) is 0 Å². The molecule has 1 aliphatic rings. The molecule has 0 amide bonds. The summed E-state index contributed by atoms with van der Waals surface area (Å²) in [6.07, 6.45) is 5.42. The summed E-state index contributed by atoms with van der Waals surface area (Å²) in [4.78, 5) is 0. The van der Waals surface area contributed by atoms with Crippen LogP contribution in [-0.4, -0.2) is 0 Å². The van der Waals surface area contributed by atoms with Crippen LogP contribution in [0.5, 0.6) is 0 Å². The van der Waals surface area contributed by atoms with Gasteiger partial charge < -0.3 is 4.42 Å². The molecule has 44 heavy (non-hydrogen) atoms. The Morgan fingerprint density at radius 1 is 0.455 bits per heavy atom.